The quantitative estimate of drug-likeness (QED) is 0.393. The van der Waals surface area contributed by atoms with E-state index in [-0.39, 0.29) is 35.5 Å². The van der Waals surface area contributed by atoms with Crippen molar-refractivity contribution in [3.63, 3.8) is 0 Å². The molecule has 0 unspecified atom stereocenters. The fourth-order valence-corrected chi connectivity index (χ4v) is 1.18. The van der Waals surface area contributed by atoms with Gasteiger partial charge in [-0.3, -0.25) is 0 Å². The maximum Gasteiger partial charge on any atom is 2.00 e. The van der Waals surface area contributed by atoms with Gasteiger partial charge < -0.3 is 17.4 Å². The maximum atomic E-state index is 4.12. The van der Waals surface area contributed by atoms with Gasteiger partial charge in [0.2, 0.25) is 0 Å². The average molecular weight is 202 g/mol. The predicted molar refractivity (Wildman–Crippen MR) is 51.1 cm³/mol. The molecule has 3 heteroatoms. The molecule has 0 aliphatic carbocycles. The number of aryl methyl sites for hydroxylation is 1. The summed E-state index contributed by atoms with van der Waals surface area (Å²) in [5.41, 5.74) is 2.25. The van der Waals surface area contributed by atoms with Gasteiger partial charge in [0.25, 0.3) is 0 Å². The van der Waals surface area contributed by atoms with E-state index in [1.165, 1.54) is 10.9 Å². The molecule has 0 saturated carbocycles. The van der Waals surface area contributed by atoms with Crippen LogP contribution in [0.25, 0.3) is 10.9 Å². The summed E-state index contributed by atoms with van der Waals surface area (Å²) >= 11 is 0. The maximum absolute atomic E-state index is 4.12. The number of para-hydroxylation sites is 1. The SMILES string of the molecule is Cc1c[c-]nc2ccccc12.[Cl-].[Mg+2]. The zero-order valence-corrected chi connectivity index (χ0v) is 9.59. The van der Waals surface area contributed by atoms with Gasteiger partial charge in [0.05, 0.1) is 0 Å². The molecule has 1 heterocycles. The van der Waals surface area contributed by atoms with E-state index in [9.17, 15) is 0 Å². The molecule has 2 rings (SSSR count). The minimum atomic E-state index is 0. The molecule has 0 fully saturated rings. The number of hydrogen-bond acceptors (Lipinski definition) is 1. The molecule has 0 spiro atoms. The number of rotatable bonds is 0. The standard InChI is InChI=1S/C10H8N.ClH.Mg/c1-8-6-7-11-10-5-3-2-4-9(8)10;;/h2-6H,1H3;1H;/q-1;;+2/p-1. The van der Waals surface area contributed by atoms with Crippen LogP contribution >= 0.6 is 0 Å². The Hall–Kier alpha value is -0.314. The molecule has 0 aliphatic rings. The van der Waals surface area contributed by atoms with Gasteiger partial charge in [-0.1, -0.05) is 37.4 Å². The van der Waals surface area contributed by atoms with Crippen molar-refractivity contribution in [1.82, 2.24) is 4.98 Å². The van der Waals surface area contributed by atoms with Gasteiger partial charge in [-0.25, -0.2) is 0 Å². The molecule has 0 amide bonds. The minimum Gasteiger partial charge on any atom is -1.00 e. The van der Waals surface area contributed by atoms with Crippen molar-refractivity contribution in [3.8, 4) is 0 Å². The second kappa shape index (κ2) is 5.42. The molecular weight excluding hydrogens is 194 g/mol. The van der Waals surface area contributed by atoms with Crippen LogP contribution in [0.2, 0.25) is 0 Å². The molecule has 0 atom stereocenters. The first-order valence-electron chi connectivity index (χ1n) is 3.60. The van der Waals surface area contributed by atoms with Crippen LogP contribution in [0.15, 0.2) is 30.3 Å². The summed E-state index contributed by atoms with van der Waals surface area (Å²) in [5.74, 6) is 0. The zero-order chi connectivity index (χ0) is 7.68. The number of pyridine rings is 1. The summed E-state index contributed by atoms with van der Waals surface area (Å²) in [6.07, 6.45) is 2.85. The number of fused-ring (bicyclic) bond motifs is 1. The van der Waals surface area contributed by atoms with Gasteiger partial charge in [0.15, 0.2) is 0 Å². The van der Waals surface area contributed by atoms with Crippen LogP contribution in [-0.4, -0.2) is 28.0 Å². The van der Waals surface area contributed by atoms with E-state index in [0.717, 1.165) is 5.52 Å². The van der Waals surface area contributed by atoms with Crippen LogP contribution in [-0.2, 0) is 0 Å². The van der Waals surface area contributed by atoms with Gasteiger partial charge in [0, 0.05) is 0 Å². The Labute approximate surface area is 100 Å². The molecule has 0 bridgehead atoms. The van der Waals surface area contributed by atoms with E-state index < -0.39 is 0 Å². The first-order chi connectivity index (χ1) is 5.38. The third-order valence-electron chi connectivity index (χ3n) is 1.79. The summed E-state index contributed by atoms with van der Waals surface area (Å²) in [6, 6.07) is 9.99. The number of benzene rings is 1. The third kappa shape index (κ3) is 2.56. The van der Waals surface area contributed by atoms with Gasteiger partial charge in [0.1, 0.15) is 0 Å². The summed E-state index contributed by atoms with van der Waals surface area (Å²) in [6.45, 7) is 2.07. The zero-order valence-electron chi connectivity index (χ0n) is 7.42. The number of hydrogen-bond donors (Lipinski definition) is 0. The molecule has 2 aromatic rings. The van der Waals surface area contributed by atoms with Crippen molar-refractivity contribution >= 4 is 34.0 Å². The number of aromatic nitrogens is 1. The van der Waals surface area contributed by atoms with Crippen molar-refractivity contribution < 1.29 is 12.4 Å². The van der Waals surface area contributed by atoms with Crippen LogP contribution in [0, 0.1) is 13.1 Å². The van der Waals surface area contributed by atoms with Crippen LogP contribution in [0.5, 0.6) is 0 Å². The number of halogens is 1. The summed E-state index contributed by atoms with van der Waals surface area (Å²) in [5, 5.41) is 1.21. The van der Waals surface area contributed by atoms with Crippen molar-refractivity contribution in [3.05, 3.63) is 42.1 Å². The van der Waals surface area contributed by atoms with Crippen LogP contribution in [0.4, 0.5) is 0 Å². The summed E-state index contributed by atoms with van der Waals surface area (Å²) in [7, 11) is 0. The van der Waals surface area contributed by atoms with Gasteiger partial charge in [-0.15, -0.1) is 10.9 Å². The fourth-order valence-electron chi connectivity index (χ4n) is 1.18. The Morgan fingerprint density at radius 1 is 1.23 bits per heavy atom. The average Bonchev–Trinajstić information content (AvgIpc) is 2.06. The molecule has 0 saturated heterocycles. The molecule has 0 aliphatic heterocycles. The Kier molecular flexibility index (Phi) is 5.29. The van der Waals surface area contributed by atoms with Crippen molar-refractivity contribution in [1.29, 1.82) is 0 Å². The number of nitrogens with zero attached hydrogens (tertiary/aromatic N) is 1. The van der Waals surface area contributed by atoms with Gasteiger partial charge in [-0.05, 0) is 5.52 Å². The van der Waals surface area contributed by atoms with Gasteiger partial charge in [-0.2, -0.15) is 6.07 Å². The normalized spacial score (nSPS) is 8.69. The molecular formula is C10H8ClMgN. The van der Waals surface area contributed by atoms with E-state index >= 15 is 0 Å². The van der Waals surface area contributed by atoms with E-state index in [1.54, 1.807) is 0 Å². The molecule has 1 aromatic carbocycles. The fraction of sp³-hybridized carbons (Fsp3) is 0.100. The Balaban J connectivity index is 0.000000720. The molecule has 1 aromatic heterocycles. The van der Waals surface area contributed by atoms with Crippen molar-refractivity contribution in [2.75, 3.05) is 0 Å². The molecule has 0 radical (unpaired) electrons. The first kappa shape index (κ1) is 12.7. The first-order valence-corrected chi connectivity index (χ1v) is 3.60. The van der Waals surface area contributed by atoms with Crippen molar-refractivity contribution in [2.45, 2.75) is 6.92 Å². The summed E-state index contributed by atoms with van der Waals surface area (Å²) < 4.78 is 0. The second-order valence-electron chi connectivity index (χ2n) is 2.59. The van der Waals surface area contributed by atoms with E-state index in [1.807, 2.05) is 24.3 Å². The van der Waals surface area contributed by atoms with E-state index in [0.29, 0.717) is 0 Å². The minimum absolute atomic E-state index is 0. The molecule has 0 N–H and O–H groups in total. The third-order valence-corrected chi connectivity index (χ3v) is 1.79. The van der Waals surface area contributed by atoms with E-state index in [2.05, 4.69) is 24.2 Å². The van der Waals surface area contributed by atoms with Crippen LogP contribution in [0.3, 0.4) is 0 Å². The van der Waals surface area contributed by atoms with Crippen LogP contribution < -0.4 is 12.4 Å². The van der Waals surface area contributed by atoms with Gasteiger partial charge >= 0.3 is 23.1 Å². The molecule has 62 valence electrons. The topological polar surface area (TPSA) is 12.9 Å². The van der Waals surface area contributed by atoms with Crippen LogP contribution in [0.1, 0.15) is 5.56 Å². The largest absolute Gasteiger partial charge is 2.00 e. The molecule has 13 heavy (non-hydrogen) atoms. The Morgan fingerprint density at radius 3 is 2.62 bits per heavy atom. The van der Waals surface area contributed by atoms with Crippen molar-refractivity contribution in [2.24, 2.45) is 0 Å². The predicted octanol–water partition coefficient (Wildman–Crippen LogP) is -1.03. The Morgan fingerprint density at radius 2 is 1.92 bits per heavy atom. The smallest absolute Gasteiger partial charge is 1.00 e. The monoisotopic (exact) mass is 201 g/mol. The molecule has 1 nitrogen and oxygen atoms in total. The van der Waals surface area contributed by atoms with E-state index in [4.69, 9.17) is 0 Å². The Bertz CT molecular complexity index is 384. The summed E-state index contributed by atoms with van der Waals surface area (Å²) in [4.78, 5) is 4.12. The second-order valence-corrected chi connectivity index (χ2v) is 2.59.